The molecule has 3 fully saturated rings. The summed E-state index contributed by atoms with van der Waals surface area (Å²) in [6, 6.07) is 4.12. The molecule has 1 aromatic carbocycles. The van der Waals surface area contributed by atoms with E-state index in [0.29, 0.717) is 33.8 Å². The Bertz CT molecular complexity index is 1100. The SMILES string of the molecule is CN1C(=O)C=C[C@]2(C)[C@H]3CC[C@]4(C)[C@@H](c5nc6cc(Cl)c(Cl)cc6[nH]5)CC[C@H]4[C@@H]3CC[C@@H]12. The zero-order valence-electron chi connectivity index (χ0n) is 19.0. The third-order valence-electron chi connectivity index (χ3n) is 10.00. The molecule has 0 saturated heterocycles. The third kappa shape index (κ3) is 2.75. The molecule has 2 aromatic rings. The van der Waals surface area contributed by atoms with Crippen LogP contribution in [0.25, 0.3) is 11.0 Å². The number of H-pyrrole nitrogens is 1. The van der Waals surface area contributed by atoms with Crippen molar-refractivity contribution in [2.75, 3.05) is 7.05 Å². The van der Waals surface area contributed by atoms with Gasteiger partial charge in [0.05, 0.1) is 21.1 Å². The molecule has 2 heterocycles. The molecule has 1 aliphatic heterocycles. The smallest absolute Gasteiger partial charge is 0.246 e. The Morgan fingerprint density at radius 2 is 1.84 bits per heavy atom. The van der Waals surface area contributed by atoms with E-state index in [-0.39, 0.29) is 16.7 Å². The van der Waals surface area contributed by atoms with Gasteiger partial charge in [0.1, 0.15) is 5.82 Å². The van der Waals surface area contributed by atoms with Crippen molar-refractivity contribution in [3.05, 3.63) is 40.2 Å². The van der Waals surface area contributed by atoms with E-state index in [9.17, 15) is 4.79 Å². The van der Waals surface area contributed by atoms with Crippen molar-refractivity contribution in [3.8, 4) is 0 Å². The lowest BCUT2D eigenvalue weighted by molar-refractivity contribution is -0.138. The van der Waals surface area contributed by atoms with Gasteiger partial charge in [-0.1, -0.05) is 43.1 Å². The minimum absolute atomic E-state index is 0.0951. The van der Waals surface area contributed by atoms with Gasteiger partial charge in [0.2, 0.25) is 5.91 Å². The molecule has 1 amide bonds. The predicted molar refractivity (Wildman–Crippen MR) is 129 cm³/mol. The van der Waals surface area contributed by atoms with Gasteiger partial charge in [-0.3, -0.25) is 4.79 Å². The van der Waals surface area contributed by atoms with Crippen molar-refractivity contribution in [3.63, 3.8) is 0 Å². The number of halogens is 2. The van der Waals surface area contributed by atoms with Crippen molar-refractivity contribution >= 4 is 40.1 Å². The number of aromatic amines is 1. The summed E-state index contributed by atoms with van der Waals surface area (Å²) in [5, 5.41) is 1.13. The van der Waals surface area contributed by atoms with Crippen LogP contribution in [0.15, 0.2) is 24.3 Å². The van der Waals surface area contributed by atoms with Crippen LogP contribution in [0.5, 0.6) is 0 Å². The maximum atomic E-state index is 12.3. The highest BCUT2D eigenvalue weighted by Gasteiger charge is 2.60. The summed E-state index contributed by atoms with van der Waals surface area (Å²) in [5.41, 5.74) is 2.23. The van der Waals surface area contributed by atoms with E-state index in [1.54, 1.807) is 0 Å². The summed E-state index contributed by atoms with van der Waals surface area (Å²) in [6.45, 7) is 4.93. The normalized spacial score (nSPS) is 41.0. The number of imidazole rings is 1. The lowest BCUT2D eigenvalue weighted by atomic mass is 9.47. The Labute approximate surface area is 199 Å². The highest BCUT2D eigenvalue weighted by Crippen LogP contribution is 2.67. The van der Waals surface area contributed by atoms with E-state index in [0.717, 1.165) is 29.2 Å². The average Bonchev–Trinajstić information content (AvgIpc) is 3.31. The molecular weight excluding hydrogens is 441 g/mol. The van der Waals surface area contributed by atoms with Crippen LogP contribution >= 0.6 is 23.2 Å². The van der Waals surface area contributed by atoms with Gasteiger partial charge in [-0.15, -0.1) is 0 Å². The van der Waals surface area contributed by atoms with Gasteiger partial charge in [-0.2, -0.15) is 0 Å². The van der Waals surface area contributed by atoms with Crippen LogP contribution in [-0.4, -0.2) is 33.9 Å². The zero-order chi connectivity index (χ0) is 22.4. The summed E-state index contributed by atoms with van der Waals surface area (Å²) in [5.74, 6) is 3.79. The number of amides is 1. The van der Waals surface area contributed by atoms with Crippen molar-refractivity contribution in [1.29, 1.82) is 0 Å². The average molecular weight is 472 g/mol. The van der Waals surface area contributed by atoms with Crippen LogP contribution in [0.1, 0.15) is 64.1 Å². The standard InChI is InChI=1S/C26H31Cl2N3O/c1-25-10-8-16-14(4-7-22-26(16,2)11-9-23(32)31(22)3)15(25)5-6-17(25)24-29-20-12-18(27)19(28)13-21(20)30-24/h9,11-17,22H,4-8,10H2,1-3H3,(H,29,30)/t14-,15-,16-,17+,22+,25-,26+/m0/s1. The fourth-order valence-electron chi connectivity index (χ4n) is 8.38. The van der Waals surface area contributed by atoms with E-state index in [4.69, 9.17) is 28.2 Å². The Balaban J connectivity index is 1.33. The predicted octanol–water partition coefficient (Wildman–Crippen LogP) is 6.59. The number of carbonyl (C=O) groups is 1. The summed E-state index contributed by atoms with van der Waals surface area (Å²) in [6.07, 6.45) is 11.3. The van der Waals surface area contributed by atoms with E-state index >= 15 is 0 Å². The molecule has 0 unspecified atom stereocenters. The molecule has 3 saturated carbocycles. The molecule has 32 heavy (non-hydrogen) atoms. The van der Waals surface area contributed by atoms with E-state index < -0.39 is 0 Å². The number of benzene rings is 1. The van der Waals surface area contributed by atoms with Gasteiger partial charge in [0, 0.05) is 24.4 Å². The minimum atomic E-state index is 0.0951. The van der Waals surface area contributed by atoms with Crippen molar-refractivity contribution < 1.29 is 4.79 Å². The summed E-state index contributed by atoms with van der Waals surface area (Å²) in [4.78, 5) is 22.9. The first-order valence-electron chi connectivity index (χ1n) is 12.0. The molecule has 3 aliphatic carbocycles. The quantitative estimate of drug-likeness (QED) is 0.509. The molecular formula is C26H31Cl2N3O. The Morgan fingerprint density at radius 3 is 2.66 bits per heavy atom. The lowest BCUT2D eigenvalue weighted by Gasteiger charge is -2.60. The van der Waals surface area contributed by atoms with Crippen LogP contribution in [0.4, 0.5) is 0 Å². The molecule has 4 nitrogen and oxygen atoms in total. The molecule has 4 aliphatic rings. The first-order valence-corrected chi connectivity index (χ1v) is 12.8. The number of hydrogen-bond acceptors (Lipinski definition) is 2. The first kappa shape index (κ1) is 21.0. The zero-order valence-corrected chi connectivity index (χ0v) is 20.5. The van der Waals surface area contributed by atoms with Gasteiger partial charge in [-0.05, 0) is 79.9 Å². The van der Waals surface area contributed by atoms with Crippen molar-refractivity contribution in [1.82, 2.24) is 14.9 Å². The second-order valence-electron chi connectivity index (χ2n) is 11.2. The molecule has 6 rings (SSSR count). The highest BCUT2D eigenvalue weighted by atomic mass is 35.5. The first-order chi connectivity index (χ1) is 15.2. The van der Waals surface area contributed by atoms with Gasteiger partial charge in [0.25, 0.3) is 0 Å². The van der Waals surface area contributed by atoms with Gasteiger partial charge < -0.3 is 9.88 Å². The van der Waals surface area contributed by atoms with Crippen LogP contribution in [0.3, 0.4) is 0 Å². The fraction of sp³-hybridized carbons (Fsp3) is 0.615. The van der Waals surface area contributed by atoms with Crippen LogP contribution in [0.2, 0.25) is 10.0 Å². The summed E-state index contributed by atoms with van der Waals surface area (Å²) >= 11 is 12.5. The summed E-state index contributed by atoms with van der Waals surface area (Å²) < 4.78 is 0. The van der Waals surface area contributed by atoms with Crippen molar-refractivity contribution in [2.45, 2.75) is 64.3 Å². The fourth-order valence-corrected chi connectivity index (χ4v) is 8.70. The Hall–Kier alpha value is -1.52. The largest absolute Gasteiger partial charge is 0.342 e. The number of aromatic nitrogens is 2. The topological polar surface area (TPSA) is 49.0 Å². The van der Waals surface area contributed by atoms with E-state index in [2.05, 4.69) is 24.9 Å². The number of rotatable bonds is 1. The monoisotopic (exact) mass is 471 g/mol. The van der Waals surface area contributed by atoms with Gasteiger partial charge in [0.15, 0.2) is 0 Å². The second-order valence-corrected chi connectivity index (χ2v) is 12.0. The Kier molecular flexibility index (Phi) is 4.60. The molecule has 7 atom stereocenters. The summed E-state index contributed by atoms with van der Waals surface area (Å²) in [7, 11) is 1.99. The lowest BCUT2D eigenvalue weighted by Crippen LogP contribution is -2.59. The molecule has 1 aromatic heterocycles. The molecule has 1 N–H and O–H groups in total. The molecule has 6 heteroatoms. The number of carbonyl (C=O) groups excluding carboxylic acids is 1. The van der Waals surface area contributed by atoms with Crippen LogP contribution < -0.4 is 0 Å². The number of hydrogen-bond donors (Lipinski definition) is 1. The van der Waals surface area contributed by atoms with Gasteiger partial charge >= 0.3 is 0 Å². The van der Waals surface area contributed by atoms with E-state index in [1.807, 2.05) is 30.2 Å². The molecule has 0 spiro atoms. The maximum absolute atomic E-state index is 12.3. The highest BCUT2D eigenvalue weighted by molar-refractivity contribution is 6.42. The maximum Gasteiger partial charge on any atom is 0.246 e. The minimum Gasteiger partial charge on any atom is -0.342 e. The second kappa shape index (κ2) is 6.99. The van der Waals surface area contributed by atoms with Crippen LogP contribution in [0, 0.1) is 28.6 Å². The third-order valence-corrected chi connectivity index (χ3v) is 10.7. The number of fused-ring (bicyclic) bond motifs is 6. The number of nitrogens with one attached hydrogen (secondary N) is 1. The molecule has 170 valence electrons. The number of likely N-dealkylation sites (N-methyl/N-ethyl adjacent to an activating group) is 1. The van der Waals surface area contributed by atoms with Gasteiger partial charge in [-0.25, -0.2) is 4.98 Å². The van der Waals surface area contributed by atoms with Crippen LogP contribution in [-0.2, 0) is 4.79 Å². The van der Waals surface area contributed by atoms with Crippen molar-refractivity contribution in [2.24, 2.45) is 28.6 Å². The Morgan fingerprint density at radius 1 is 1.06 bits per heavy atom. The number of nitrogens with zero attached hydrogens (tertiary/aromatic N) is 2. The molecule has 0 bridgehead atoms. The van der Waals surface area contributed by atoms with E-state index in [1.165, 1.54) is 32.1 Å². The molecule has 0 radical (unpaired) electrons.